The molecule has 2 aromatic rings. The van der Waals surface area contributed by atoms with Gasteiger partial charge in [0.2, 0.25) is 0 Å². The Morgan fingerprint density at radius 1 is 1.28 bits per heavy atom. The van der Waals surface area contributed by atoms with Crippen LogP contribution in [0.3, 0.4) is 0 Å². The van der Waals surface area contributed by atoms with Crippen molar-refractivity contribution in [3.8, 4) is 5.75 Å². The Kier molecular flexibility index (Phi) is 3.95. The van der Waals surface area contributed by atoms with Crippen LogP contribution in [-0.2, 0) is 0 Å². The number of benzene rings is 1. The van der Waals surface area contributed by atoms with E-state index in [2.05, 4.69) is 0 Å². The van der Waals surface area contributed by atoms with Gasteiger partial charge in [-0.05, 0) is 43.3 Å². The fraction of sp³-hybridized carbons (Fsp3) is 0.133. The van der Waals surface area contributed by atoms with Crippen LogP contribution in [0.4, 0.5) is 0 Å². The molecule has 0 fully saturated rings. The first kappa shape index (κ1) is 12.6. The molecule has 0 radical (unpaired) electrons. The molecule has 2 rings (SSSR count). The lowest BCUT2D eigenvalue weighted by Gasteiger charge is -2.00. The molecule has 0 N–H and O–H groups in total. The zero-order valence-electron chi connectivity index (χ0n) is 10.3. The summed E-state index contributed by atoms with van der Waals surface area (Å²) < 4.78 is 5.10. The number of hydrogen-bond donors (Lipinski definition) is 0. The number of thiophene rings is 1. The fourth-order valence-corrected chi connectivity index (χ4v) is 2.35. The molecule has 3 heteroatoms. The van der Waals surface area contributed by atoms with Crippen molar-refractivity contribution in [2.45, 2.75) is 6.92 Å². The van der Waals surface area contributed by atoms with Crippen LogP contribution in [-0.4, -0.2) is 12.9 Å². The Hall–Kier alpha value is -1.87. The molecule has 0 saturated carbocycles. The summed E-state index contributed by atoms with van der Waals surface area (Å²) in [5, 5.41) is 0. The highest BCUT2D eigenvalue weighted by atomic mass is 32.1. The number of rotatable bonds is 4. The van der Waals surface area contributed by atoms with Crippen LogP contribution in [0.5, 0.6) is 5.75 Å². The molecule has 1 aromatic carbocycles. The first-order valence-electron chi connectivity index (χ1n) is 5.62. The van der Waals surface area contributed by atoms with Crippen LogP contribution in [0, 0.1) is 6.92 Å². The Morgan fingerprint density at radius 3 is 2.78 bits per heavy atom. The number of carbonyl (C=O) groups is 1. The van der Waals surface area contributed by atoms with Crippen molar-refractivity contribution >= 4 is 23.2 Å². The van der Waals surface area contributed by atoms with E-state index in [1.807, 2.05) is 37.3 Å². The fourth-order valence-electron chi connectivity index (χ4n) is 1.57. The smallest absolute Gasteiger partial charge is 0.186 e. The van der Waals surface area contributed by atoms with E-state index in [9.17, 15) is 4.79 Å². The predicted octanol–water partition coefficient (Wildman–Crippen LogP) is 3.96. The van der Waals surface area contributed by atoms with Gasteiger partial charge in [0.25, 0.3) is 0 Å². The summed E-state index contributed by atoms with van der Waals surface area (Å²) in [6.45, 7) is 2.05. The first-order chi connectivity index (χ1) is 8.69. The Labute approximate surface area is 111 Å². The third-order valence-corrected chi connectivity index (χ3v) is 3.48. The second kappa shape index (κ2) is 5.65. The molecule has 1 heterocycles. The van der Waals surface area contributed by atoms with Crippen molar-refractivity contribution in [2.75, 3.05) is 7.11 Å². The molecule has 0 atom stereocenters. The van der Waals surface area contributed by atoms with Crippen LogP contribution in [0.15, 0.2) is 42.5 Å². The maximum atomic E-state index is 12.0. The summed E-state index contributed by atoms with van der Waals surface area (Å²) in [6, 6.07) is 11.2. The molecule has 0 aliphatic rings. The molecule has 0 aliphatic heterocycles. The molecule has 0 bridgehead atoms. The number of allylic oxidation sites excluding steroid dienone is 1. The van der Waals surface area contributed by atoms with Gasteiger partial charge in [-0.3, -0.25) is 4.79 Å². The highest BCUT2D eigenvalue weighted by molar-refractivity contribution is 7.12. The number of methoxy groups -OCH3 is 1. The largest absolute Gasteiger partial charge is 0.497 e. The molecule has 92 valence electrons. The van der Waals surface area contributed by atoms with Gasteiger partial charge < -0.3 is 4.74 Å². The average molecular weight is 258 g/mol. The molecule has 2 nitrogen and oxygen atoms in total. The van der Waals surface area contributed by atoms with Crippen molar-refractivity contribution in [1.29, 1.82) is 0 Å². The van der Waals surface area contributed by atoms with Crippen molar-refractivity contribution in [3.63, 3.8) is 0 Å². The molecule has 1 aromatic heterocycles. The van der Waals surface area contributed by atoms with Crippen LogP contribution in [0.2, 0.25) is 0 Å². The SMILES string of the molecule is COc1cccc(C(=O)C=Cc2ccc(C)s2)c1. The van der Waals surface area contributed by atoms with Crippen LogP contribution < -0.4 is 4.74 Å². The summed E-state index contributed by atoms with van der Waals surface area (Å²) in [4.78, 5) is 14.3. The van der Waals surface area contributed by atoms with Crippen molar-refractivity contribution in [3.05, 3.63) is 57.8 Å². The minimum absolute atomic E-state index is 0.0139. The summed E-state index contributed by atoms with van der Waals surface area (Å²) >= 11 is 1.67. The lowest BCUT2D eigenvalue weighted by molar-refractivity contribution is 0.104. The molecular formula is C15H14O2S. The Balaban J connectivity index is 2.14. The van der Waals surface area contributed by atoms with Crippen molar-refractivity contribution < 1.29 is 9.53 Å². The monoisotopic (exact) mass is 258 g/mol. The van der Waals surface area contributed by atoms with E-state index in [4.69, 9.17) is 4.74 Å². The maximum Gasteiger partial charge on any atom is 0.186 e. The number of ether oxygens (including phenoxy) is 1. The maximum absolute atomic E-state index is 12.0. The standard InChI is InChI=1S/C15H14O2S/c1-11-6-7-14(18-11)8-9-15(16)12-4-3-5-13(10-12)17-2/h3-10H,1-2H3. The number of carbonyl (C=O) groups excluding carboxylic acids is 1. The third-order valence-electron chi connectivity index (χ3n) is 2.51. The van der Waals surface area contributed by atoms with E-state index in [-0.39, 0.29) is 5.78 Å². The minimum atomic E-state index is -0.0139. The summed E-state index contributed by atoms with van der Waals surface area (Å²) in [5.41, 5.74) is 0.638. The number of aryl methyl sites for hydroxylation is 1. The quantitative estimate of drug-likeness (QED) is 0.613. The van der Waals surface area contributed by atoms with Crippen LogP contribution in [0.25, 0.3) is 6.08 Å². The van der Waals surface area contributed by atoms with Crippen LogP contribution >= 0.6 is 11.3 Å². The molecule has 18 heavy (non-hydrogen) atoms. The van der Waals surface area contributed by atoms with Gasteiger partial charge in [-0.15, -0.1) is 11.3 Å². The summed E-state index contributed by atoms with van der Waals surface area (Å²) in [5.74, 6) is 0.682. The van der Waals surface area contributed by atoms with Gasteiger partial charge in [-0.25, -0.2) is 0 Å². The summed E-state index contributed by atoms with van der Waals surface area (Å²) in [7, 11) is 1.59. The van der Waals surface area contributed by atoms with Gasteiger partial charge in [-0.1, -0.05) is 12.1 Å². The van der Waals surface area contributed by atoms with E-state index in [0.717, 1.165) is 4.88 Å². The molecule has 0 saturated heterocycles. The molecule has 0 aliphatic carbocycles. The van der Waals surface area contributed by atoms with Crippen LogP contribution in [0.1, 0.15) is 20.1 Å². The zero-order chi connectivity index (χ0) is 13.0. The van der Waals surface area contributed by atoms with Gasteiger partial charge in [0.15, 0.2) is 5.78 Å². The van der Waals surface area contributed by atoms with E-state index in [1.165, 1.54) is 4.88 Å². The highest BCUT2D eigenvalue weighted by Crippen LogP contribution is 2.18. The van der Waals surface area contributed by atoms with E-state index in [1.54, 1.807) is 36.7 Å². The normalized spacial score (nSPS) is 10.8. The first-order valence-corrected chi connectivity index (χ1v) is 6.43. The van der Waals surface area contributed by atoms with Gasteiger partial charge in [0.05, 0.1) is 7.11 Å². The molecular weight excluding hydrogens is 244 g/mol. The van der Waals surface area contributed by atoms with Gasteiger partial charge in [0, 0.05) is 15.3 Å². The van der Waals surface area contributed by atoms with Gasteiger partial charge >= 0.3 is 0 Å². The zero-order valence-corrected chi connectivity index (χ0v) is 11.2. The lowest BCUT2D eigenvalue weighted by atomic mass is 10.1. The molecule has 0 unspecified atom stereocenters. The Bertz CT molecular complexity index is 582. The minimum Gasteiger partial charge on any atom is -0.497 e. The number of ketones is 1. The predicted molar refractivity (Wildman–Crippen MR) is 75.4 cm³/mol. The second-order valence-electron chi connectivity index (χ2n) is 3.88. The lowest BCUT2D eigenvalue weighted by Crippen LogP contribution is -1.94. The summed E-state index contributed by atoms with van der Waals surface area (Å²) in [6.07, 6.45) is 3.44. The van der Waals surface area contributed by atoms with Crippen molar-refractivity contribution in [1.82, 2.24) is 0 Å². The Morgan fingerprint density at radius 2 is 2.11 bits per heavy atom. The number of hydrogen-bond acceptors (Lipinski definition) is 3. The topological polar surface area (TPSA) is 26.3 Å². The highest BCUT2D eigenvalue weighted by Gasteiger charge is 2.03. The van der Waals surface area contributed by atoms with Crippen molar-refractivity contribution in [2.24, 2.45) is 0 Å². The molecule has 0 spiro atoms. The average Bonchev–Trinajstić information content (AvgIpc) is 2.82. The van der Waals surface area contributed by atoms with E-state index >= 15 is 0 Å². The third kappa shape index (κ3) is 3.08. The van der Waals surface area contributed by atoms with E-state index in [0.29, 0.717) is 11.3 Å². The van der Waals surface area contributed by atoms with Gasteiger partial charge in [-0.2, -0.15) is 0 Å². The second-order valence-corrected chi connectivity index (χ2v) is 5.20. The molecule has 0 amide bonds. The van der Waals surface area contributed by atoms with E-state index < -0.39 is 0 Å². The van der Waals surface area contributed by atoms with Gasteiger partial charge in [0.1, 0.15) is 5.75 Å².